The second kappa shape index (κ2) is 6.66. The molecule has 2 unspecified atom stereocenters. The van der Waals surface area contributed by atoms with E-state index in [1.165, 1.54) is 12.1 Å². The van der Waals surface area contributed by atoms with Crippen LogP contribution in [0.5, 0.6) is 0 Å². The summed E-state index contributed by atoms with van der Waals surface area (Å²) in [5, 5.41) is 1.86. The first kappa shape index (κ1) is 18.6. The number of nitrogens with one attached hydrogen (secondary N) is 1. The van der Waals surface area contributed by atoms with Gasteiger partial charge < -0.3 is 10.1 Å². The van der Waals surface area contributed by atoms with Gasteiger partial charge in [0.25, 0.3) is 5.91 Å². The molecular weight excluding hydrogens is 343 g/mol. The molecule has 1 heterocycles. The highest BCUT2D eigenvalue weighted by Gasteiger charge is 2.38. The highest BCUT2D eigenvalue weighted by molar-refractivity contribution is 8.01. The molecule has 2 rings (SSSR count). The molecule has 0 bridgehead atoms. The summed E-state index contributed by atoms with van der Waals surface area (Å²) in [5.74, 6) is -1.04. The Labute approximate surface area is 142 Å². The minimum absolute atomic E-state index is 0.144. The Morgan fingerprint density at radius 3 is 2.54 bits per heavy atom. The van der Waals surface area contributed by atoms with Crippen molar-refractivity contribution in [1.29, 1.82) is 0 Å². The van der Waals surface area contributed by atoms with Gasteiger partial charge in [0.15, 0.2) is 0 Å². The molecule has 1 aromatic rings. The van der Waals surface area contributed by atoms with Crippen molar-refractivity contribution in [2.45, 2.75) is 44.2 Å². The Balaban J connectivity index is 2.06. The van der Waals surface area contributed by atoms with E-state index in [1.807, 2.05) is 20.8 Å². The zero-order chi connectivity index (χ0) is 18.1. The molecule has 24 heavy (non-hydrogen) atoms. The van der Waals surface area contributed by atoms with Crippen LogP contribution in [-0.4, -0.2) is 17.3 Å². The summed E-state index contributed by atoms with van der Waals surface area (Å²) in [6.45, 7) is 5.59. The quantitative estimate of drug-likeness (QED) is 0.831. The van der Waals surface area contributed by atoms with Crippen molar-refractivity contribution in [1.82, 2.24) is 5.32 Å². The number of carbonyl (C=O) groups excluding carboxylic acids is 2. The largest absolute Gasteiger partial charge is 0.441 e. The van der Waals surface area contributed by atoms with Crippen LogP contribution in [0.15, 0.2) is 24.3 Å². The van der Waals surface area contributed by atoms with Gasteiger partial charge in [-0.3, -0.25) is 9.59 Å². The fourth-order valence-corrected chi connectivity index (χ4v) is 3.22. The number of rotatable bonds is 3. The number of halogens is 3. The minimum atomic E-state index is -4.46. The number of esters is 1. The van der Waals surface area contributed by atoms with Crippen molar-refractivity contribution in [2.75, 3.05) is 0 Å². The molecule has 1 aromatic carbocycles. The number of ether oxygens (including phenoxy) is 1. The molecule has 2 atom stereocenters. The number of benzene rings is 1. The third-order valence-corrected chi connectivity index (χ3v) is 4.40. The van der Waals surface area contributed by atoms with Crippen LogP contribution >= 0.6 is 11.8 Å². The molecule has 0 aliphatic carbocycles. The second-order valence-electron chi connectivity index (χ2n) is 6.71. The van der Waals surface area contributed by atoms with Gasteiger partial charge in [0.1, 0.15) is 5.37 Å². The summed E-state index contributed by atoms with van der Waals surface area (Å²) in [5.41, 5.74) is -1.82. The molecule has 1 aliphatic heterocycles. The van der Waals surface area contributed by atoms with Gasteiger partial charge in [0.05, 0.1) is 12.0 Å². The van der Waals surface area contributed by atoms with Gasteiger partial charge in [-0.05, 0) is 23.1 Å². The van der Waals surface area contributed by atoms with E-state index in [0.29, 0.717) is 5.56 Å². The lowest BCUT2D eigenvalue weighted by molar-refractivity contribution is -0.151. The van der Waals surface area contributed by atoms with E-state index in [1.54, 1.807) is 0 Å². The van der Waals surface area contributed by atoms with E-state index in [4.69, 9.17) is 4.74 Å². The first-order valence-electron chi connectivity index (χ1n) is 7.28. The molecule has 132 valence electrons. The van der Waals surface area contributed by atoms with Gasteiger partial charge in [-0.2, -0.15) is 13.2 Å². The number of amides is 1. The van der Waals surface area contributed by atoms with E-state index < -0.39 is 34.4 Å². The third kappa shape index (κ3) is 4.90. The van der Waals surface area contributed by atoms with Crippen LogP contribution in [0.4, 0.5) is 13.2 Å². The molecule has 0 spiro atoms. The summed E-state index contributed by atoms with van der Waals surface area (Å²) < 4.78 is 43.5. The fourth-order valence-electron chi connectivity index (χ4n) is 2.13. The Morgan fingerprint density at radius 1 is 1.29 bits per heavy atom. The summed E-state index contributed by atoms with van der Waals surface area (Å²) in [7, 11) is 0. The smallest absolute Gasteiger partial charge is 0.416 e. The SMILES string of the molecule is CC(C)(C)CC(=O)OC1SC(c2cccc(C(F)(F)F)c2)NC1=O. The Kier molecular flexibility index (Phi) is 5.17. The summed E-state index contributed by atoms with van der Waals surface area (Å²) >= 11 is 0.974. The number of hydrogen-bond acceptors (Lipinski definition) is 4. The summed E-state index contributed by atoms with van der Waals surface area (Å²) in [6, 6.07) is 4.72. The maximum atomic E-state index is 12.8. The van der Waals surface area contributed by atoms with Crippen molar-refractivity contribution < 1.29 is 27.5 Å². The van der Waals surface area contributed by atoms with Gasteiger partial charge in [-0.25, -0.2) is 0 Å². The molecule has 8 heteroatoms. The zero-order valence-electron chi connectivity index (χ0n) is 13.4. The topological polar surface area (TPSA) is 55.4 Å². The van der Waals surface area contributed by atoms with Gasteiger partial charge in [-0.15, -0.1) is 0 Å². The molecule has 4 nitrogen and oxygen atoms in total. The monoisotopic (exact) mass is 361 g/mol. The van der Waals surface area contributed by atoms with Gasteiger partial charge >= 0.3 is 12.1 Å². The van der Waals surface area contributed by atoms with Crippen LogP contribution in [-0.2, 0) is 20.5 Å². The Bertz CT molecular complexity index is 640. The van der Waals surface area contributed by atoms with Crippen LogP contribution < -0.4 is 5.32 Å². The number of carbonyl (C=O) groups is 2. The van der Waals surface area contributed by atoms with Crippen LogP contribution in [0, 0.1) is 5.41 Å². The molecular formula is C16H18F3NO3S. The molecule has 1 N–H and O–H groups in total. The lowest BCUT2D eigenvalue weighted by atomic mass is 9.92. The van der Waals surface area contributed by atoms with E-state index in [2.05, 4.69) is 5.32 Å². The average Bonchev–Trinajstić information content (AvgIpc) is 2.77. The van der Waals surface area contributed by atoms with Crippen LogP contribution in [0.2, 0.25) is 0 Å². The Hall–Kier alpha value is -1.70. The number of alkyl halides is 3. The number of hydrogen-bond donors (Lipinski definition) is 1. The molecule has 1 saturated heterocycles. The second-order valence-corrected chi connectivity index (χ2v) is 7.88. The summed E-state index contributed by atoms with van der Waals surface area (Å²) in [4.78, 5) is 23.7. The maximum absolute atomic E-state index is 12.8. The summed E-state index contributed by atoms with van der Waals surface area (Å²) in [6.07, 6.45) is -4.31. The van der Waals surface area contributed by atoms with Crippen LogP contribution in [0.25, 0.3) is 0 Å². The fraction of sp³-hybridized carbons (Fsp3) is 0.500. The van der Waals surface area contributed by atoms with Crippen molar-refractivity contribution >= 4 is 23.6 Å². The van der Waals surface area contributed by atoms with Crippen molar-refractivity contribution in [3.05, 3.63) is 35.4 Å². The molecule has 0 saturated carbocycles. The van der Waals surface area contributed by atoms with E-state index in [0.717, 1.165) is 23.9 Å². The predicted octanol–water partition coefficient (Wildman–Crippen LogP) is 3.87. The highest BCUT2D eigenvalue weighted by Crippen LogP contribution is 2.39. The minimum Gasteiger partial charge on any atom is -0.441 e. The van der Waals surface area contributed by atoms with Crippen LogP contribution in [0.1, 0.15) is 43.7 Å². The van der Waals surface area contributed by atoms with E-state index >= 15 is 0 Å². The molecule has 0 radical (unpaired) electrons. The van der Waals surface area contributed by atoms with E-state index in [9.17, 15) is 22.8 Å². The third-order valence-electron chi connectivity index (χ3n) is 3.18. The Morgan fingerprint density at radius 2 is 1.96 bits per heavy atom. The lowest BCUT2D eigenvalue weighted by Gasteiger charge is -2.18. The van der Waals surface area contributed by atoms with Crippen molar-refractivity contribution in [3.63, 3.8) is 0 Å². The molecule has 1 aliphatic rings. The first-order valence-corrected chi connectivity index (χ1v) is 8.22. The molecule has 0 aromatic heterocycles. The lowest BCUT2D eigenvalue weighted by Crippen LogP contribution is -2.28. The first-order chi connectivity index (χ1) is 11.0. The van der Waals surface area contributed by atoms with Crippen molar-refractivity contribution in [3.8, 4) is 0 Å². The molecule has 1 amide bonds. The van der Waals surface area contributed by atoms with Crippen molar-refractivity contribution in [2.24, 2.45) is 5.41 Å². The molecule has 1 fully saturated rings. The van der Waals surface area contributed by atoms with Gasteiger partial charge in [0.2, 0.25) is 5.44 Å². The van der Waals surface area contributed by atoms with Crippen LogP contribution in [0.3, 0.4) is 0 Å². The standard InChI is InChI=1S/C16H18F3NO3S/c1-15(2,3)8-11(21)23-14-12(22)20-13(24-14)9-5-4-6-10(7-9)16(17,18)19/h4-7,13-14H,8H2,1-3H3,(H,20,22). The zero-order valence-corrected chi connectivity index (χ0v) is 14.3. The average molecular weight is 361 g/mol. The number of thioether (sulfide) groups is 1. The normalized spacial score (nSPS) is 21.5. The maximum Gasteiger partial charge on any atom is 0.416 e. The van der Waals surface area contributed by atoms with Gasteiger partial charge in [0, 0.05) is 0 Å². The van der Waals surface area contributed by atoms with E-state index in [-0.39, 0.29) is 11.8 Å². The predicted molar refractivity (Wildman–Crippen MR) is 83.9 cm³/mol. The highest BCUT2D eigenvalue weighted by atomic mass is 32.2. The van der Waals surface area contributed by atoms with Gasteiger partial charge in [-0.1, -0.05) is 44.7 Å².